The lowest BCUT2D eigenvalue weighted by atomic mass is 10.1. The molecule has 3 N–H and O–H groups in total. The Balaban J connectivity index is 2.19. The van der Waals surface area contributed by atoms with Gasteiger partial charge in [-0.15, -0.1) is 0 Å². The molecule has 0 spiro atoms. The van der Waals surface area contributed by atoms with E-state index in [4.69, 9.17) is 15.2 Å². The molecule has 0 amide bonds. The van der Waals surface area contributed by atoms with E-state index in [2.05, 4.69) is 12.2 Å². The molecule has 1 aliphatic rings. The third-order valence-electron chi connectivity index (χ3n) is 3.71. The van der Waals surface area contributed by atoms with Crippen molar-refractivity contribution >= 4 is 17.3 Å². The van der Waals surface area contributed by atoms with E-state index in [-0.39, 0.29) is 12.1 Å². The van der Waals surface area contributed by atoms with E-state index < -0.39 is 5.97 Å². The highest BCUT2D eigenvalue weighted by Gasteiger charge is 2.23. The molecule has 20 heavy (non-hydrogen) atoms. The minimum atomic E-state index is -0.418. The molecule has 1 aromatic carbocycles. The summed E-state index contributed by atoms with van der Waals surface area (Å²) in [7, 11) is 1.35. The Bertz CT molecular complexity index is 496. The Morgan fingerprint density at radius 3 is 2.90 bits per heavy atom. The van der Waals surface area contributed by atoms with E-state index in [0.29, 0.717) is 11.3 Å². The van der Waals surface area contributed by atoms with Gasteiger partial charge in [0, 0.05) is 24.0 Å². The summed E-state index contributed by atoms with van der Waals surface area (Å²) < 4.78 is 10.4. The number of ether oxygens (including phenoxy) is 2. The van der Waals surface area contributed by atoms with Gasteiger partial charge < -0.3 is 20.5 Å². The maximum absolute atomic E-state index is 11.7. The molecule has 5 heteroatoms. The van der Waals surface area contributed by atoms with Gasteiger partial charge in [-0.05, 0) is 44.4 Å². The molecule has 1 heterocycles. The number of hydrogen-bond acceptors (Lipinski definition) is 5. The lowest BCUT2D eigenvalue weighted by Gasteiger charge is -2.22. The van der Waals surface area contributed by atoms with Crippen molar-refractivity contribution in [1.29, 1.82) is 0 Å². The Morgan fingerprint density at radius 2 is 2.30 bits per heavy atom. The standard InChI is InChI=1S/C15H22N2O3/c1-9-7-11(8-12(14(9)16)15(18)19-3)17-10(2)13-5-4-6-20-13/h7-8,10,13,17H,4-6,16H2,1-3H3. The van der Waals surface area contributed by atoms with E-state index in [0.717, 1.165) is 30.7 Å². The summed E-state index contributed by atoms with van der Waals surface area (Å²) in [6.45, 7) is 4.79. The fourth-order valence-corrected chi connectivity index (χ4v) is 2.51. The highest BCUT2D eigenvalue weighted by Crippen LogP contribution is 2.25. The number of anilines is 2. The molecule has 0 bridgehead atoms. The Labute approximate surface area is 119 Å². The topological polar surface area (TPSA) is 73.6 Å². The summed E-state index contributed by atoms with van der Waals surface area (Å²) in [5.41, 5.74) is 8.51. The second-order valence-electron chi connectivity index (χ2n) is 5.23. The molecular formula is C15H22N2O3. The molecule has 110 valence electrons. The van der Waals surface area contributed by atoms with Gasteiger partial charge in [0.15, 0.2) is 0 Å². The van der Waals surface area contributed by atoms with Gasteiger partial charge in [0.1, 0.15) is 0 Å². The molecule has 0 aromatic heterocycles. The first kappa shape index (κ1) is 14.7. The Kier molecular flexibility index (Phi) is 4.49. The molecule has 0 radical (unpaired) electrons. The molecule has 1 aliphatic heterocycles. The minimum Gasteiger partial charge on any atom is -0.465 e. The fourth-order valence-electron chi connectivity index (χ4n) is 2.51. The fraction of sp³-hybridized carbons (Fsp3) is 0.533. The van der Waals surface area contributed by atoms with Crippen LogP contribution in [0.1, 0.15) is 35.7 Å². The summed E-state index contributed by atoms with van der Waals surface area (Å²) in [5.74, 6) is -0.418. The zero-order valence-corrected chi connectivity index (χ0v) is 12.2. The van der Waals surface area contributed by atoms with Gasteiger partial charge in [0.2, 0.25) is 0 Å². The number of nitrogen functional groups attached to an aromatic ring is 1. The molecule has 1 fully saturated rings. The number of hydrogen-bond donors (Lipinski definition) is 2. The van der Waals surface area contributed by atoms with Crippen LogP contribution in [-0.2, 0) is 9.47 Å². The monoisotopic (exact) mass is 278 g/mol. The predicted octanol–water partition coefficient (Wildman–Crippen LogP) is 2.34. The molecule has 1 aromatic rings. The summed E-state index contributed by atoms with van der Waals surface area (Å²) >= 11 is 0. The number of rotatable bonds is 4. The average molecular weight is 278 g/mol. The number of carbonyl (C=O) groups excluding carboxylic acids is 1. The van der Waals surface area contributed by atoms with Crippen LogP contribution in [0.5, 0.6) is 0 Å². The first-order valence-electron chi connectivity index (χ1n) is 6.89. The summed E-state index contributed by atoms with van der Waals surface area (Å²) in [5, 5.41) is 3.38. The summed E-state index contributed by atoms with van der Waals surface area (Å²) in [4.78, 5) is 11.7. The van der Waals surface area contributed by atoms with Crippen LogP contribution in [0.3, 0.4) is 0 Å². The van der Waals surface area contributed by atoms with Gasteiger partial charge in [-0.25, -0.2) is 4.79 Å². The van der Waals surface area contributed by atoms with Crippen molar-refractivity contribution in [3.05, 3.63) is 23.3 Å². The van der Waals surface area contributed by atoms with E-state index in [1.165, 1.54) is 7.11 Å². The van der Waals surface area contributed by atoms with Crippen LogP contribution in [0.25, 0.3) is 0 Å². The van der Waals surface area contributed by atoms with Crippen molar-refractivity contribution in [2.24, 2.45) is 0 Å². The van der Waals surface area contributed by atoms with Gasteiger partial charge in [-0.1, -0.05) is 0 Å². The first-order valence-corrected chi connectivity index (χ1v) is 6.89. The molecule has 5 nitrogen and oxygen atoms in total. The maximum Gasteiger partial charge on any atom is 0.340 e. The summed E-state index contributed by atoms with van der Waals surface area (Å²) in [6, 6.07) is 3.86. The van der Waals surface area contributed by atoms with E-state index in [1.807, 2.05) is 13.0 Å². The van der Waals surface area contributed by atoms with Gasteiger partial charge in [-0.2, -0.15) is 0 Å². The normalized spacial score (nSPS) is 19.6. The summed E-state index contributed by atoms with van der Waals surface area (Å²) in [6.07, 6.45) is 2.38. The maximum atomic E-state index is 11.7. The molecular weight excluding hydrogens is 256 g/mol. The number of nitrogens with two attached hydrogens (primary N) is 1. The van der Waals surface area contributed by atoms with E-state index in [9.17, 15) is 4.79 Å². The van der Waals surface area contributed by atoms with Crippen LogP contribution in [0.4, 0.5) is 11.4 Å². The molecule has 1 saturated heterocycles. The quantitative estimate of drug-likeness (QED) is 0.653. The molecule has 2 rings (SSSR count). The zero-order chi connectivity index (χ0) is 14.7. The number of benzene rings is 1. The van der Waals surface area contributed by atoms with Crippen molar-refractivity contribution < 1.29 is 14.3 Å². The van der Waals surface area contributed by atoms with Gasteiger partial charge in [0.25, 0.3) is 0 Å². The Morgan fingerprint density at radius 1 is 1.55 bits per heavy atom. The van der Waals surface area contributed by atoms with Crippen molar-refractivity contribution in [2.75, 3.05) is 24.8 Å². The van der Waals surface area contributed by atoms with Crippen LogP contribution >= 0.6 is 0 Å². The van der Waals surface area contributed by atoms with Gasteiger partial charge in [0.05, 0.1) is 18.8 Å². The van der Waals surface area contributed by atoms with Crippen LogP contribution < -0.4 is 11.1 Å². The minimum absolute atomic E-state index is 0.186. The van der Waals surface area contributed by atoms with Crippen LogP contribution in [0.15, 0.2) is 12.1 Å². The second-order valence-corrected chi connectivity index (χ2v) is 5.23. The Hall–Kier alpha value is -1.75. The van der Waals surface area contributed by atoms with E-state index >= 15 is 0 Å². The number of methoxy groups -OCH3 is 1. The lowest BCUT2D eigenvalue weighted by molar-refractivity contribution is 0.0602. The molecule has 2 atom stereocenters. The largest absolute Gasteiger partial charge is 0.465 e. The van der Waals surface area contributed by atoms with Crippen molar-refractivity contribution in [3.8, 4) is 0 Å². The predicted molar refractivity (Wildman–Crippen MR) is 79.0 cm³/mol. The molecule has 0 saturated carbocycles. The third kappa shape index (κ3) is 3.04. The zero-order valence-electron chi connectivity index (χ0n) is 12.2. The van der Waals surface area contributed by atoms with Crippen molar-refractivity contribution in [2.45, 2.75) is 38.8 Å². The highest BCUT2D eigenvalue weighted by atomic mass is 16.5. The van der Waals surface area contributed by atoms with Gasteiger partial charge in [-0.3, -0.25) is 0 Å². The van der Waals surface area contributed by atoms with Crippen molar-refractivity contribution in [3.63, 3.8) is 0 Å². The first-order chi connectivity index (χ1) is 9.52. The number of esters is 1. The second kappa shape index (κ2) is 6.13. The SMILES string of the molecule is COC(=O)c1cc(NC(C)C2CCCO2)cc(C)c1N. The highest BCUT2D eigenvalue weighted by molar-refractivity contribution is 5.97. The van der Waals surface area contributed by atoms with Crippen molar-refractivity contribution in [1.82, 2.24) is 0 Å². The van der Waals surface area contributed by atoms with Crippen LogP contribution in [0, 0.1) is 6.92 Å². The van der Waals surface area contributed by atoms with Crippen LogP contribution in [-0.4, -0.2) is 31.8 Å². The number of aryl methyl sites for hydroxylation is 1. The molecule has 2 unspecified atom stereocenters. The number of nitrogens with one attached hydrogen (secondary N) is 1. The smallest absolute Gasteiger partial charge is 0.340 e. The molecule has 0 aliphatic carbocycles. The lowest BCUT2D eigenvalue weighted by Crippen LogP contribution is -2.30. The number of carbonyl (C=O) groups is 1. The average Bonchev–Trinajstić information content (AvgIpc) is 2.96. The van der Waals surface area contributed by atoms with E-state index in [1.54, 1.807) is 6.07 Å². The van der Waals surface area contributed by atoms with Gasteiger partial charge >= 0.3 is 5.97 Å². The third-order valence-corrected chi connectivity index (χ3v) is 3.71. The van der Waals surface area contributed by atoms with Crippen LogP contribution in [0.2, 0.25) is 0 Å².